The van der Waals surface area contributed by atoms with E-state index in [0.29, 0.717) is 11.3 Å². The summed E-state index contributed by atoms with van der Waals surface area (Å²) in [6, 6.07) is 1.24. The third-order valence-corrected chi connectivity index (χ3v) is 6.84. The molecule has 0 radical (unpaired) electrons. The highest BCUT2D eigenvalue weighted by molar-refractivity contribution is 7.16. The van der Waals surface area contributed by atoms with E-state index in [1.807, 2.05) is 0 Å². The zero-order valence-electron chi connectivity index (χ0n) is 19.1. The van der Waals surface area contributed by atoms with Gasteiger partial charge in [-0.3, -0.25) is 9.59 Å². The number of carbonyl (C=O) groups excluding carboxylic acids is 2. The molecule has 1 atom stereocenters. The van der Waals surface area contributed by atoms with E-state index >= 15 is 0 Å². The maximum absolute atomic E-state index is 14.7. The second kappa shape index (κ2) is 10.5. The number of halogens is 11. The molecule has 2 heterocycles. The van der Waals surface area contributed by atoms with Crippen molar-refractivity contribution in [3.8, 4) is 0 Å². The molecular formula is C21H14ClF10N3O3S. The van der Waals surface area contributed by atoms with Gasteiger partial charge < -0.3 is 15.5 Å². The number of oxime groups is 1. The first-order valence-corrected chi connectivity index (χ1v) is 11.6. The number of benzene rings is 1. The second-order valence-corrected chi connectivity index (χ2v) is 9.60. The molecule has 1 aliphatic heterocycles. The first kappa shape index (κ1) is 30.5. The molecule has 1 aromatic heterocycles. The minimum absolute atomic E-state index is 0.0739. The molecule has 0 spiro atoms. The quantitative estimate of drug-likeness (QED) is 0.401. The van der Waals surface area contributed by atoms with Crippen LogP contribution in [-0.4, -0.2) is 43.0 Å². The Hall–Kier alpha value is -3.08. The van der Waals surface area contributed by atoms with Crippen LogP contribution in [0.4, 0.5) is 43.9 Å². The largest absolute Gasteiger partial charge is 0.435 e. The van der Waals surface area contributed by atoms with Gasteiger partial charge >= 0.3 is 18.5 Å². The van der Waals surface area contributed by atoms with Crippen molar-refractivity contribution < 1.29 is 58.3 Å². The summed E-state index contributed by atoms with van der Waals surface area (Å²) >= 11 is 6.01. The third-order valence-electron chi connectivity index (χ3n) is 5.28. The van der Waals surface area contributed by atoms with E-state index in [1.165, 1.54) is 18.3 Å². The molecule has 0 aliphatic carbocycles. The molecule has 6 nitrogen and oxygen atoms in total. The Labute approximate surface area is 220 Å². The van der Waals surface area contributed by atoms with Gasteiger partial charge in [-0.05, 0) is 30.7 Å². The predicted octanol–water partition coefficient (Wildman–Crippen LogP) is 5.86. The van der Waals surface area contributed by atoms with Crippen LogP contribution >= 0.6 is 22.9 Å². The van der Waals surface area contributed by atoms with Gasteiger partial charge in [-0.25, -0.2) is 4.39 Å². The number of alkyl halides is 9. The van der Waals surface area contributed by atoms with Crippen molar-refractivity contribution in [2.45, 2.75) is 37.5 Å². The van der Waals surface area contributed by atoms with Crippen LogP contribution in [0.2, 0.25) is 5.02 Å². The van der Waals surface area contributed by atoms with Crippen LogP contribution in [0, 0.1) is 12.7 Å². The molecule has 3 rings (SSSR count). The molecule has 2 N–H and O–H groups in total. The topological polar surface area (TPSA) is 79.8 Å². The minimum Gasteiger partial charge on any atom is -0.374 e. The van der Waals surface area contributed by atoms with Gasteiger partial charge in [0.2, 0.25) is 5.91 Å². The van der Waals surface area contributed by atoms with E-state index in [0.717, 1.165) is 0 Å². The Morgan fingerprint density at radius 2 is 1.72 bits per heavy atom. The Morgan fingerprint density at radius 1 is 1.08 bits per heavy atom. The molecule has 2 aromatic rings. The van der Waals surface area contributed by atoms with Crippen LogP contribution in [0.3, 0.4) is 0 Å². The molecule has 18 heteroatoms. The van der Waals surface area contributed by atoms with Crippen LogP contribution in [0.5, 0.6) is 0 Å². The molecule has 0 fully saturated rings. The van der Waals surface area contributed by atoms with Crippen molar-refractivity contribution in [2.75, 3.05) is 13.1 Å². The van der Waals surface area contributed by atoms with Crippen molar-refractivity contribution in [3.05, 3.63) is 55.5 Å². The number of hydrogen-bond donors (Lipinski definition) is 2. The van der Waals surface area contributed by atoms with Gasteiger partial charge in [-0.2, -0.15) is 39.5 Å². The van der Waals surface area contributed by atoms with E-state index in [4.69, 9.17) is 11.6 Å². The summed E-state index contributed by atoms with van der Waals surface area (Å²) in [5.74, 6) is -3.92. The van der Waals surface area contributed by atoms with Crippen molar-refractivity contribution in [3.63, 3.8) is 0 Å². The molecule has 0 saturated carbocycles. The van der Waals surface area contributed by atoms with Crippen LogP contribution in [0.15, 0.2) is 23.4 Å². The van der Waals surface area contributed by atoms with Crippen LogP contribution < -0.4 is 10.6 Å². The van der Waals surface area contributed by atoms with Crippen molar-refractivity contribution in [1.29, 1.82) is 0 Å². The van der Waals surface area contributed by atoms with E-state index < -0.39 is 83.1 Å². The Balaban J connectivity index is 1.86. The maximum atomic E-state index is 14.7. The molecule has 1 aliphatic rings. The highest BCUT2D eigenvalue weighted by atomic mass is 35.5. The molecule has 1 aromatic carbocycles. The van der Waals surface area contributed by atoms with Crippen molar-refractivity contribution in [1.82, 2.24) is 10.6 Å². The number of rotatable bonds is 6. The Morgan fingerprint density at radius 3 is 2.28 bits per heavy atom. The highest BCUT2D eigenvalue weighted by Crippen LogP contribution is 2.51. The fraction of sp³-hybridized carbons (Fsp3) is 0.381. The van der Waals surface area contributed by atoms with Gasteiger partial charge in [0.1, 0.15) is 18.1 Å². The van der Waals surface area contributed by atoms with Gasteiger partial charge in [-0.1, -0.05) is 16.8 Å². The predicted molar refractivity (Wildman–Crippen MR) is 117 cm³/mol. The third kappa shape index (κ3) is 6.57. The Kier molecular flexibility index (Phi) is 8.18. The average Bonchev–Trinajstić information content (AvgIpc) is 3.41. The summed E-state index contributed by atoms with van der Waals surface area (Å²) in [5, 5.41) is 5.66. The summed E-state index contributed by atoms with van der Waals surface area (Å²) in [5.41, 5.74) is -7.23. The van der Waals surface area contributed by atoms with Gasteiger partial charge in [-0.15, -0.1) is 11.3 Å². The number of nitrogens with one attached hydrogen (secondary N) is 2. The summed E-state index contributed by atoms with van der Waals surface area (Å²) in [7, 11) is 0. The normalized spacial score (nSPS) is 18.0. The molecule has 1 unspecified atom stereocenters. The molecule has 2 amide bonds. The number of amides is 2. The van der Waals surface area contributed by atoms with Crippen LogP contribution in [-0.2, 0) is 21.4 Å². The zero-order chi connectivity index (χ0) is 29.6. The molecular weight excluding hydrogens is 600 g/mol. The van der Waals surface area contributed by atoms with Gasteiger partial charge in [0.15, 0.2) is 0 Å². The summed E-state index contributed by atoms with van der Waals surface area (Å²) < 4.78 is 133. The zero-order valence-corrected chi connectivity index (χ0v) is 20.7. The van der Waals surface area contributed by atoms with Gasteiger partial charge in [0.05, 0.1) is 33.3 Å². The molecule has 0 saturated heterocycles. The van der Waals surface area contributed by atoms with E-state index in [2.05, 4.69) is 15.3 Å². The van der Waals surface area contributed by atoms with Crippen molar-refractivity contribution >= 4 is 40.5 Å². The summed E-state index contributed by atoms with van der Waals surface area (Å²) in [4.78, 5) is 28.2. The lowest BCUT2D eigenvalue weighted by Crippen LogP contribution is -2.43. The highest BCUT2D eigenvalue weighted by Gasteiger charge is 2.64. The average molecular weight is 614 g/mol. The van der Waals surface area contributed by atoms with E-state index in [9.17, 15) is 53.5 Å². The monoisotopic (exact) mass is 613 g/mol. The molecule has 39 heavy (non-hydrogen) atoms. The molecule has 0 bridgehead atoms. The molecule has 214 valence electrons. The fourth-order valence-electron chi connectivity index (χ4n) is 3.41. The van der Waals surface area contributed by atoms with Crippen LogP contribution in [0.25, 0.3) is 0 Å². The van der Waals surface area contributed by atoms with Crippen LogP contribution in [0.1, 0.15) is 37.7 Å². The second-order valence-electron chi connectivity index (χ2n) is 8.15. The first-order chi connectivity index (χ1) is 17.7. The van der Waals surface area contributed by atoms with Crippen molar-refractivity contribution in [2.24, 2.45) is 5.16 Å². The number of aryl methyl sites for hydroxylation is 1. The SMILES string of the molecule is Cc1cc(C2=NOC(c3cc(C(F)(F)F)cc(Cl)c3F)(C(F)(F)F)C2)sc1C(=O)NCC(=O)NCC(F)(F)F. The fourth-order valence-corrected chi connectivity index (χ4v) is 4.70. The summed E-state index contributed by atoms with van der Waals surface area (Å²) in [6.07, 6.45) is -16.6. The lowest BCUT2D eigenvalue weighted by atomic mass is 9.86. The lowest BCUT2D eigenvalue weighted by molar-refractivity contribution is -0.276. The number of hydrogen-bond acceptors (Lipinski definition) is 5. The first-order valence-electron chi connectivity index (χ1n) is 10.4. The maximum Gasteiger partial charge on any atom is 0.435 e. The standard InChI is InChI=1S/C21H14ClF10N3O3S/c1-8-2-13(39-16(8)17(37)33-6-14(36)34-7-19(24,25)26)12-5-18(38-35-12,21(30,31)32)10-3-9(20(27,28)29)4-11(22)15(10)23/h2-4H,5-7H2,1H3,(H,33,37)(H,34,36). The number of thiophene rings is 1. The van der Waals surface area contributed by atoms with E-state index in [1.54, 1.807) is 0 Å². The smallest absolute Gasteiger partial charge is 0.374 e. The van der Waals surface area contributed by atoms with Gasteiger partial charge in [0, 0.05) is 5.56 Å². The minimum atomic E-state index is -5.48. The number of nitrogens with zero attached hydrogens (tertiary/aromatic N) is 1. The lowest BCUT2D eigenvalue weighted by Gasteiger charge is -2.30. The summed E-state index contributed by atoms with van der Waals surface area (Å²) in [6.45, 7) is -1.14. The Bertz CT molecular complexity index is 1320. The van der Waals surface area contributed by atoms with Gasteiger partial charge in [0.25, 0.3) is 11.5 Å². The number of carbonyl (C=O) groups is 2. The van der Waals surface area contributed by atoms with E-state index in [-0.39, 0.29) is 27.5 Å².